The topological polar surface area (TPSA) is 29.3 Å². The van der Waals surface area contributed by atoms with Crippen molar-refractivity contribution in [2.45, 2.75) is 12.8 Å². The van der Waals surface area contributed by atoms with Gasteiger partial charge in [-0.1, -0.05) is 0 Å². The Morgan fingerprint density at radius 3 is 2.00 bits per heavy atom. The van der Waals surface area contributed by atoms with Gasteiger partial charge in [0.2, 0.25) is 0 Å². The van der Waals surface area contributed by atoms with Crippen LogP contribution in [0.15, 0.2) is 12.1 Å². The molecule has 2 aliphatic rings. The lowest BCUT2D eigenvalue weighted by molar-refractivity contribution is 0.243. The molecular formula is C12H14F2N2. The number of nitrogens with two attached hydrogens (primary N) is 1. The third-order valence-corrected chi connectivity index (χ3v) is 3.84. The fourth-order valence-electron chi connectivity index (χ4n) is 2.83. The first-order valence-electron chi connectivity index (χ1n) is 5.64. The average Bonchev–Trinajstić information content (AvgIpc) is 2.43. The maximum absolute atomic E-state index is 13.7. The van der Waals surface area contributed by atoms with Crippen molar-refractivity contribution in [2.24, 2.45) is 11.8 Å². The van der Waals surface area contributed by atoms with Gasteiger partial charge in [0.25, 0.3) is 0 Å². The Kier molecular flexibility index (Phi) is 2.06. The van der Waals surface area contributed by atoms with Crippen molar-refractivity contribution in [3.63, 3.8) is 0 Å². The van der Waals surface area contributed by atoms with Crippen molar-refractivity contribution in [3.8, 4) is 0 Å². The minimum absolute atomic E-state index is 0.101. The molecule has 0 bridgehead atoms. The molecule has 0 aromatic heterocycles. The van der Waals surface area contributed by atoms with Gasteiger partial charge in [-0.3, -0.25) is 0 Å². The number of nitrogens with zero attached hydrogens (tertiary/aromatic N) is 1. The molecule has 1 saturated heterocycles. The van der Waals surface area contributed by atoms with Crippen LogP contribution >= 0.6 is 0 Å². The van der Waals surface area contributed by atoms with Crippen molar-refractivity contribution < 1.29 is 8.78 Å². The smallest absolute Gasteiger partial charge is 0.151 e. The van der Waals surface area contributed by atoms with E-state index in [0.29, 0.717) is 11.8 Å². The number of nitrogen functional groups attached to an aromatic ring is 1. The van der Waals surface area contributed by atoms with Crippen LogP contribution in [0.4, 0.5) is 20.2 Å². The lowest BCUT2D eigenvalue weighted by atomic mass is 9.77. The largest absolute Gasteiger partial charge is 0.399 e. The molecule has 4 heteroatoms. The molecule has 0 spiro atoms. The van der Waals surface area contributed by atoms with E-state index in [1.54, 1.807) is 0 Å². The van der Waals surface area contributed by atoms with E-state index in [4.69, 9.17) is 5.73 Å². The quantitative estimate of drug-likeness (QED) is 0.742. The van der Waals surface area contributed by atoms with Gasteiger partial charge in [0.15, 0.2) is 11.6 Å². The van der Waals surface area contributed by atoms with E-state index >= 15 is 0 Å². The highest BCUT2D eigenvalue weighted by Gasteiger charge is 2.40. The maximum Gasteiger partial charge on any atom is 0.151 e. The fraction of sp³-hybridized carbons (Fsp3) is 0.500. The maximum atomic E-state index is 13.7. The normalized spacial score (nSPS) is 27.8. The third-order valence-electron chi connectivity index (χ3n) is 3.84. The second kappa shape index (κ2) is 3.34. The predicted octanol–water partition coefficient (Wildman–Crippen LogP) is 2.39. The molecule has 1 aromatic carbocycles. The zero-order valence-corrected chi connectivity index (χ0v) is 8.92. The molecule has 1 aliphatic carbocycles. The molecular weight excluding hydrogens is 210 g/mol. The van der Waals surface area contributed by atoms with E-state index in [2.05, 4.69) is 0 Å². The number of hydrogen-bond acceptors (Lipinski definition) is 2. The number of fused-ring (bicyclic) bond motifs is 1. The second-order valence-corrected chi connectivity index (χ2v) is 4.84. The highest BCUT2D eigenvalue weighted by atomic mass is 19.1. The van der Waals surface area contributed by atoms with E-state index < -0.39 is 11.6 Å². The standard InChI is InChI=1S/C12H14F2N2/c13-10-3-9(15)4-11(14)12(10)16-5-7-1-2-8(7)6-16/h3-4,7-8H,1-2,5-6,15H2/t7-,8+. The Balaban J connectivity index is 1.94. The number of rotatable bonds is 1. The molecule has 2 N–H and O–H groups in total. The van der Waals surface area contributed by atoms with Crippen molar-refractivity contribution >= 4 is 11.4 Å². The van der Waals surface area contributed by atoms with Gasteiger partial charge in [-0.2, -0.15) is 0 Å². The summed E-state index contributed by atoms with van der Waals surface area (Å²) in [5, 5.41) is 0. The van der Waals surface area contributed by atoms with Crippen LogP contribution in [-0.4, -0.2) is 13.1 Å². The molecule has 2 atom stereocenters. The molecule has 1 aliphatic heterocycles. The average molecular weight is 224 g/mol. The van der Waals surface area contributed by atoms with Crippen LogP contribution < -0.4 is 10.6 Å². The number of halogens is 2. The first-order chi connectivity index (χ1) is 7.65. The Bertz CT molecular complexity index is 398. The zero-order valence-electron chi connectivity index (χ0n) is 8.92. The minimum Gasteiger partial charge on any atom is -0.399 e. The summed E-state index contributed by atoms with van der Waals surface area (Å²) in [5.74, 6) is 0.185. The van der Waals surface area contributed by atoms with Gasteiger partial charge >= 0.3 is 0 Å². The number of benzene rings is 1. The zero-order chi connectivity index (χ0) is 11.3. The summed E-state index contributed by atoms with van der Waals surface area (Å²) < 4.78 is 27.4. The van der Waals surface area contributed by atoms with Gasteiger partial charge in [0.1, 0.15) is 5.69 Å². The molecule has 2 nitrogen and oxygen atoms in total. The van der Waals surface area contributed by atoms with E-state index in [1.165, 1.54) is 25.0 Å². The molecule has 1 saturated carbocycles. The van der Waals surface area contributed by atoms with Gasteiger partial charge in [0.05, 0.1) is 0 Å². The van der Waals surface area contributed by atoms with Gasteiger partial charge in [-0.15, -0.1) is 0 Å². The van der Waals surface area contributed by atoms with E-state index in [9.17, 15) is 8.78 Å². The van der Waals surface area contributed by atoms with Crippen LogP contribution in [0.5, 0.6) is 0 Å². The molecule has 0 unspecified atom stereocenters. The minimum atomic E-state index is -0.543. The van der Waals surface area contributed by atoms with Crippen LogP contribution in [0.1, 0.15) is 12.8 Å². The lowest BCUT2D eigenvalue weighted by Crippen LogP contribution is -2.22. The molecule has 0 radical (unpaired) electrons. The second-order valence-electron chi connectivity index (χ2n) is 4.84. The van der Waals surface area contributed by atoms with Crippen molar-refractivity contribution in [1.29, 1.82) is 0 Å². The van der Waals surface area contributed by atoms with Crippen LogP contribution in [0.2, 0.25) is 0 Å². The van der Waals surface area contributed by atoms with Gasteiger partial charge in [0, 0.05) is 18.8 Å². The van der Waals surface area contributed by atoms with Crippen molar-refractivity contribution in [2.75, 3.05) is 23.7 Å². The predicted molar refractivity (Wildman–Crippen MR) is 59.2 cm³/mol. The Labute approximate surface area is 93.0 Å². The SMILES string of the molecule is Nc1cc(F)c(N2C[C@H]3CC[C@H]3C2)c(F)c1. The van der Waals surface area contributed by atoms with Gasteiger partial charge in [-0.05, 0) is 36.8 Å². The summed E-state index contributed by atoms with van der Waals surface area (Å²) in [6, 6.07) is 2.39. The third kappa shape index (κ3) is 1.36. The molecule has 3 rings (SSSR count). The fourth-order valence-corrected chi connectivity index (χ4v) is 2.83. The molecule has 86 valence electrons. The molecule has 16 heavy (non-hydrogen) atoms. The summed E-state index contributed by atoms with van der Waals surface area (Å²) >= 11 is 0. The van der Waals surface area contributed by atoms with Crippen LogP contribution in [-0.2, 0) is 0 Å². The summed E-state index contributed by atoms with van der Waals surface area (Å²) in [7, 11) is 0. The van der Waals surface area contributed by atoms with Crippen LogP contribution in [0, 0.1) is 23.5 Å². The Morgan fingerprint density at radius 1 is 1.06 bits per heavy atom. The number of anilines is 2. The van der Waals surface area contributed by atoms with Crippen LogP contribution in [0.25, 0.3) is 0 Å². The monoisotopic (exact) mass is 224 g/mol. The Hall–Kier alpha value is -1.32. The Morgan fingerprint density at radius 2 is 1.56 bits per heavy atom. The lowest BCUT2D eigenvalue weighted by Gasteiger charge is -2.27. The highest BCUT2D eigenvalue weighted by Crippen LogP contribution is 2.43. The molecule has 1 heterocycles. The first kappa shape index (κ1) is 9.87. The van der Waals surface area contributed by atoms with Crippen molar-refractivity contribution in [1.82, 2.24) is 0 Å². The summed E-state index contributed by atoms with van der Waals surface area (Å²) in [4.78, 5) is 1.83. The molecule has 2 fully saturated rings. The molecule has 1 aromatic rings. The summed E-state index contributed by atoms with van der Waals surface area (Å²) in [6.45, 7) is 1.56. The number of hydrogen-bond donors (Lipinski definition) is 1. The van der Waals surface area contributed by atoms with Crippen molar-refractivity contribution in [3.05, 3.63) is 23.8 Å². The van der Waals surface area contributed by atoms with Crippen LogP contribution in [0.3, 0.4) is 0 Å². The first-order valence-corrected chi connectivity index (χ1v) is 5.64. The highest BCUT2D eigenvalue weighted by molar-refractivity contribution is 5.56. The van der Waals surface area contributed by atoms with Gasteiger partial charge < -0.3 is 10.6 Å². The molecule has 0 amide bonds. The summed E-state index contributed by atoms with van der Waals surface area (Å²) in [6.07, 6.45) is 2.39. The van der Waals surface area contributed by atoms with E-state index in [-0.39, 0.29) is 11.4 Å². The summed E-state index contributed by atoms with van der Waals surface area (Å²) in [5.41, 5.74) is 5.64. The van der Waals surface area contributed by atoms with E-state index in [0.717, 1.165) is 13.1 Å². The van der Waals surface area contributed by atoms with Gasteiger partial charge in [-0.25, -0.2) is 8.78 Å². The van der Waals surface area contributed by atoms with E-state index in [1.807, 2.05) is 4.90 Å².